The van der Waals surface area contributed by atoms with Crippen LogP contribution >= 0.6 is 0 Å². The maximum atomic E-state index is 11.3. The maximum Gasteiger partial charge on any atom is 0.310 e. The molecule has 15 heavy (non-hydrogen) atoms. The molecular formula is C11H16O4. The van der Waals surface area contributed by atoms with Gasteiger partial charge in [0.15, 0.2) is 0 Å². The predicted octanol–water partition coefficient (Wildman–Crippen LogP) is 1.91. The van der Waals surface area contributed by atoms with Gasteiger partial charge in [-0.25, -0.2) is 0 Å². The molecule has 84 valence electrons. The molecule has 0 aromatic rings. The Kier molecular flexibility index (Phi) is 3.50. The third-order valence-corrected chi connectivity index (χ3v) is 3.31. The fraction of sp³-hybridized carbons (Fsp3) is 0.636. The van der Waals surface area contributed by atoms with Crippen molar-refractivity contribution < 1.29 is 19.8 Å². The van der Waals surface area contributed by atoms with Gasteiger partial charge in [-0.2, -0.15) is 0 Å². The van der Waals surface area contributed by atoms with E-state index in [0.717, 1.165) is 12.8 Å². The average Bonchev–Trinajstić information content (AvgIpc) is 2.63. The van der Waals surface area contributed by atoms with Crippen LogP contribution in [-0.4, -0.2) is 22.2 Å². The molecule has 0 amide bonds. The molecule has 1 aliphatic carbocycles. The fourth-order valence-electron chi connectivity index (χ4n) is 2.44. The normalized spacial score (nSPS) is 20.8. The van der Waals surface area contributed by atoms with Crippen molar-refractivity contribution in [1.82, 2.24) is 0 Å². The summed E-state index contributed by atoms with van der Waals surface area (Å²) in [5.41, 5.74) is -0.889. The minimum Gasteiger partial charge on any atom is -0.481 e. The molecule has 0 saturated heterocycles. The van der Waals surface area contributed by atoms with Crippen LogP contribution in [0.15, 0.2) is 12.7 Å². The number of carboxylic acids is 2. The third kappa shape index (κ3) is 2.19. The molecule has 0 aromatic carbocycles. The highest BCUT2D eigenvalue weighted by atomic mass is 16.4. The smallest absolute Gasteiger partial charge is 0.310 e. The van der Waals surface area contributed by atoms with Crippen molar-refractivity contribution in [3.8, 4) is 0 Å². The molecule has 0 aliphatic heterocycles. The third-order valence-electron chi connectivity index (χ3n) is 3.31. The molecule has 1 saturated carbocycles. The number of carbonyl (C=O) groups is 2. The molecule has 0 bridgehead atoms. The Balaban J connectivity index is 2.90. The number of carboxylic acid groups (broad SMARTS) is 2. The Bertz CT molecular complexity index is 276. The molecule has 0 aromatic heterocycles. The summed E-state index contributed by atoms with van der Waals surface area (Å²) < 4.78 is 0. The van der Waals surface area contributed by atoms with Crippen molar-refractivity contribution in [2.24, 2.45) is 11.3 Å². The second-order valence-electron chi connectivity index (χ2n) is 4.11. The Morgan fingerprint density at radius 3 is 2.20 bits per heavy atom. The van der Waals surface area contributed by atoms with Gasteiger partial charge in [-0.15, -0.1) is 6.58 Å². The standard InChI is InChI=1S/C11H16O4/c1-2-8(7-9(12)13)11(10(14)15)5-3-4-6-11/h2,8H,1,3-7H2,(H,12,13)(H,14,15). The van der Waals surface area contributed by atoms with Crippen LogP contribution in [0.2, 0.25) is 0 Å². The molecular weight excluding hydrogens is 196 g/mol. The van der Waals surface area contributed by atoms with Crippen molar-refractivity contribution in [1.29, 1.82) is 0 Å². The second-order valence-corrected chi connectivity index (χ2v) is 4.11. The summed E-state index contributed by atoms with van der Waals surface area (Å²) in [6.45, 7) is 3.56. The topological polar surface area (TPSA) is 74.6 Å². The lowest BCUT2D eigenvalue weighted by atomic mass is 9.72. The molecule has 0 spiro atoms. The van der Waals surface area contributed by atoms with E-state index >= 15 is 0 Å². The molecule has 1 rings (SSSR count). The van der Waals surface area contributed by atoms with E-state index in [1.54, 1.807) is 0 Å². The summed E-state index contributed by atoms with van der Waals surface area (Å²) in [5.74, 6) is -2.31. The Morgan fingerprint density at radius 2 is 1.87 bits per heavy atom. The maximum absolute atomic E-state index is 11.3. The van der Waals surface area contributed by atoms with Gasteiger partial charge < -0.3 is 10.2 Å². The van der Waals surface area contributed by atoms with Gasteiger partial charge in [0.05, 0.1) is 11.8 Å². The van der Waals surface area contributed by atoms with Gasteiger partial charge in [0.1, 0.15) is 0 Å². The van der Waals surface area contributed by atoms with Crippen LogP contribution in [-0.2, 0) is 9.59 Å². The highest BCUT2D eigenvalue weighted by molar-refractivity contribution is 5.77. The van der Waals surface area contributed by atoms with Crippen molar-refractivity contribution in [2.75, 3.05) is 0 Å². The van der Waals surface area contributed by atoms with Crippen LogP contribution in [0.25, 0.3) is 0 Å². The van der Waals surface area contributed by atoms with E-state index in [1.807, 2.05) is 0 Å². The highest BCUT2D eigenvalue weighted by Crippen LogP contribution is 2.46. The molecule has 0 radical (unpaired) electrons. The Hall–Kier alpha value is -1.32. The first-order chi connectivity index (χ1) is 7.03. The van der Waals surface area contributed by atoms with E-state index < -0.39 is 23.3 Å². The minimum atomic E-state index is -0.965. The molecule has 1 fully saturated rings. The van der Waals surface area contributed by atoms with Crippen LogP contribution in [0.1, 0.15) is 32.1 Å². The zero-order valence-corrected chi connectivity index (χ0v) is 8.61. The van der Waals surface area contributed by atoms with Gasteiger partial charge in [-0.1, -0.05) is 18.9 Å². The van der Waals surface area contributed by atoms with Crippen molar-refractivity contribution in [2.45, 2.75) is 32.1 Å². The number of hydrogen-bond donors (Lipinski definition) is 2. The number of allylic oxidation sites excluding steroid dienone is 1. The van der Waals surface area contributed by atoms with Crippen LogP contribution in [0.4, 0.5) is 0 Å². The Morgan fingerprint density at radius 1 is 1.33 bits per heavy atom. The van der Waals surface area contributed by atoms with Gasteiger partial charge in [-0.05, 0) is 12.8 Å². The van der Waals surface area contributed by atoms with E-state index in [1.165, 1.54) is 6.08 Å². The van der Waals surface area contributed by atoms with E-state index in [4.69, 9.17) is 5.11 Å². The number of aliphatic carboxylic acids is 2. The largest absolute Gasteiger partial charge is 0.481 e. The molecule has 1 aliphatic rings. The quantitative estimate of drug-likeness (QED) is 0.682. The molecule has 1 atom stereocenters. The van der Waals surface area contributed by atoms with Crippen LogP contribution < -0.4 is 0 Å². The monoisotopic (exact) mass is 212 g/mol. The molecule has 2 N–H and O–H groups in total. The summed E-state index contributed by atoms with van der Waals surface area (Å²) in [6.07, 6.45) is 4.18. The van der Waals surface area contributed by atoms with E-state index in [-0.39, 0.29) is 6.42 Å². The van der Waals surface area contributed by atoms with Crippen LogP contribution in [0, 0.1) is 11.3 Å². The van der Waals surface area contributed by atoms with E-state index in [9.17, 15) is 14.7 Å². The zero-order valence-electron chi connectivity index (χ0n) is 8.61. The predicted molar refractivity (Wildman–Crippen MR) is 54.5 cm³/mol. The van der Waals surface area contributed by atoms with Crippen molar-refractivity contribution in [3.05, 3.63) is 12.7 Å². The summed E-state index contributed by atoms with van der Waals surface area (Å²) in [4.78, 5) is 21.9. The van der Waals surface area contributed by atoms with Gasteiger partial charge in [0.25, 0.3) is 0 Å². The second kappa shape index (κ2) is 4.47. The molecule has 1 unspecified atom stereocenters. The van der Waals surface area contributed by atoms with Crippen LogP contribution in [0.5, 0.6) is 0 Å². The number of hydrogen-bond acceptors (Lipinski definition) is 2. The lowest BCUT2D eigenvalue weighted by Gasteiger charge is -2.30. The summed E-state index contributed by atoms with van der Waals surface area (Å²) >= 11 is 0. The van der Waals surface area contributed by atoms with E-state index in [2.05, 4.69) is 6.58 Å². The van der Waals surface area contributed by atoms with Gasteiger partial charge in [-0.3, -0.25) is 9.59 Å². The first-order valence-corrected chi connectivity index (χ1v) is 5.10. The van der Waals surface area contributed by atoms with Crippen LogP contribution in [0.3, 0.4) is 0 Å². The summed E-state index contributed by atoms with van der Waals surface area (Å²) in [5, 5.41) is 18.0. The average molecular weight is 212 g/mol. The first-order valence-electron chi connectivity index (χ1n) is 5.10. The zero-order chi connectivity index (χ0) is 11.5. The fourth-order valence-corrected chi connectivity index (χ4v) is 2.44. The summed E-state index contributed by atoms with van der Waals surface area (Å²) in [7, 11) is 0. The SMILES string of the molecule is C=CC(CC(=O)O)C1(C(=O)O)CCCC1. The molecule has 4 heteroatoms. The summed E-state index contributed by atoms with van der Waals surface area (Å²) in [6, 6.07) is 0. The lowest BCUT2D eigenvalue weighted by Crippen LogP contribution is -2.36. The number of rotatable bonds is 5. The van der Waals surface area contributed by atoms with Crippen molar-refractivity contribution in [3.63, 3.8) is 0 Å². The lowest BCUT2D eigenvalue weighted by molar-refractivity contribution is -0.152. The first kappa shape index (κ1) is 11.8. The van der Waals surface area contributed by atoms with Gasteiger partial charge in [0.2, 0.25) is 0 Å². The van der Waals surface area contributed by atoms with Gasteiger partial charge in [0, 0.05) is 5.92 Å². The minimum absolute atomic E-state index is 0.143. The van der Waals surface area contributed by atoms with E-state index in [0.29, 0.717) is 12.8 Å². The van der Waals surface area contributed by atoms with Gasteiger partial charge >= 0.3 is 11.9 Å². The highest BCUT2D eigenvalue weighted by Gasteiger charge is 2.47. The van der Waals surface area contributed by atoms with Crippen molar-refractivity contribution >= 4 is 11.9 Å². The molecule has 4 nitrogen and oxygen atoms in total. The Labute approximate surface area is 88.6 Å². The molecule has 0 heterocycles.